The lowest BCUT2D eigenvalue weighted by molar-refractivity contribution is 0.0692. The molecule has 5 heteroatoms. The second-order valence-corrected chi connectivity index (χ2v) is 4.39. The number of benzene rings is 2. The normalized spacial score (nSPS) is 10.3. The number of anilines is 1. The van der Waals surface area contributed by atoms with Gasteiger partial charge in [-0.05, 0) is 42.3 Å². The first-order chi connectivity index (χ1) is 9.49. The second kappa shape index (κ2) is 5.61. The van der Waals surface area contributed by atoms with Crippen molar-refractivity contribution in [2.24, 2.45) is 0 Å². The average Bonchev–Trinajstić information content (AvgIpc) is 2.40. The molecule has 0 saturated heterocycles. The molecule has 0 heterocycles. The van der Waals surface area contributed by atoms with Crippen molar-refractivity contribution in [1.29, 1.82) is 0 Å². The maximum absolute atomic E-state index is 13.2. The molecule has 0 aromatic heterocycles. The smallest absolute Gasteiger partial charge is 0.339 e. The van der Waals surface area contributed by atoms with Gasteiger partial charge in [-0.1, -0.05) is 12.1 Å². The molecular weight excluding hydrogens is 261 g/mol. The number of ether oxygens (including phenoxy) is 1. The van der Waals surface area contributed by atoms with Crippen molar-refractivity contribution in [2.75, 3.05) is 5.73 Å². The Kier molecular flexibility index (Phi) is 3.89. The van der Waals surface area contributed by atoms with Gasteiger partial charge in [-0.3, -0.25) is 0 Å². The lowest BCUT2D eigenvalue weighted by atomic mass is 10.1. The van der Waals surface area contributed by atoms with Crippen molar-refractivity contribution in [3.63, 3.8) is 0 Å². The molecule has 2 rings (SSSR count). The van der Waals surface area contributed by atoms with Gasteiger partial charge in [-0.25, -0.2) is 9.18 Å². The number of hydrogen-bond acceptors (Lipinski definition) is 3. The summed E-state index contributed by atoms with van der Waals surface area (Å²) in [5.74, 6) is -1.39. The lowest BCUT2D eigenvalue weighted by Crippen LogP contribution is -2.07. The fourth-order valence-corrected chi connectivity index (χ4v) is 1.83. The number of halogens is 1. The summed E-state index contributed by atoms with van der Waals surface area (Å²) >= 11 is 0. The van der Waals surface area contributed by atoms with Gasteiger partial charge in [0.2, 0.25) is 0 Å². The largest absolute Gasteiger partial charge is 0.486 e. The first kappa shape index (κ1) is 13.9. The van der Waals surface area contributed by atoms with Gasteiger partial charge in [-0.2, -0.15) is 0 Å². The summed E-state index contributed by atoms with van der Waals surface area (Å²) in [6, 6.07) is 8.86. The van der Waals surface area contributed by atoms with E-state index in [0.717, 1.165) is 5.56 Å². The van der Waals surface area contributed by atoms with Crippen LogP contribution < -0.4 is 10.5 Å². The van der Waals surface area contributed by atoms with Gasteiger partial charge in [0.15, 0.2) is 5.75 Å². The summed E-state index contributed by atoms with van der Waals surface area (Å²) in [5, 5.41) is 9.09. The van der Waals surface area contributed by atoms with E-state index in [1.54, 1.807) is 18.2 Å². The summed E-state index contributed by atoms with van der Waals surface area (Å²) in [4.78, 5) is 11.1. The summed E-state index contributed by atoms with van der Waals surface area (Å²) in [7, 11) is 0. The number of carboxylic acid groups (broad SMARTS) is 1. The Hall–Kier alpha value is -2.56. The van der Waals surface area contributed by atoms with E-state index in [1.807, 2.05) is 6.92 Å². The zero-order chi connectivity index (χ0) is 14.7. The Morgan fingerprint density at radius 3 is 2.80 bits per heavy atom. The van der Waals surface area contributed by atoms with Crippen molar-refractivity contribution in [2.45, 2.75) is 13.5 Å². The van der Waals surface area contributed by atoms with Crippen LogP contribution in [0.2, 0.25) is 0 Å². The standard InChI is InChI=1S/C15H14FNO3/c1-9-5-6-11(16)7-10(9)8-20-14-12(15(18)19)3-2-4-13(14)17/h2-7H,8,17H2,1H3,(H,18,19). The molecule has 0 fully saturated rings. The molecule has 0 amide bonds. The highest BCUT2D eigenvalue weighted by Gasteiger charge is 2.14. The van der Waals surface area contributed by atoms with Gasteiger partial charge >= 0.3 is 5.97 Å². The third-order valence-corrected chi connectivity index (χ3v) is 2.96. The van der Waals surface area contributed by atoms with E-state index in [0.29, 0.717) is 5.56 Å². The molecule has 0 atom stereocenters. The van der Waals surface area contributed by atoms with Crippen LogP contribution in [0.3, 0.4) is 0 Å². The van der Waals surface area contributed by atoms with E-state index >= 15 is 0 Å². The van der Waals surface area contributed by atoms with E-state index in [-0.39, 0.29) is 29.4 Å². The lowest BCUT2D eigenvalue weighted by Gasteiger charge is -2.13. The van der Waals surface area contributed by atoms with Crippen LogP contribution >= 0.6 is 0 Å². The number of nitrogen functional groups attached to an aromatic ring is 1. The quantitative estimate of drug-likeness (QED) is 0.841. The second-order valence-electron chi connectivity index (χ2n) is 4.39. The minimum absolute atomic E-state index is 0.0148. The average molecular weight is 275 g/mol. The summed E-state index contributed by atoms with van der Waals surface area (Å²) in [6.07, 6.45) is 0. The summed E-state index contributed by atoms with van der Waals surface area (Å²) in [5.41, 5.74) is 7.45. The fourth-order valence-electron chi connectivity index (χ4n) is 1.83. The number of hydrogen-bond donors (Lipinski definition) is 2. The van der Waals surface area contributed by atoms with Crippen molar-refractivity contribution < 1.29 is 19.0 Å². The Balaban J connectivity index is 2.27. The Morgan fingerprint density at radius 1 is 1.35 bits per heavy atom. The number of rotatable bonds is 4. The molecule has 0 aliphatic rings. The first-order valence-electron chi connectivity index (χ1n) is 5.98. The van der Waals surface area contributed by atoms with Crippen LogP contribution in [0.4, 0.5) is 10.1 Å². The van der Waals surface area contributed by atoms with Crippen LogP contribution in [-0.2, 0) is 6.61 Å². The number of carbonyl (C=O) groups is 1. The first-order valence-corrected chi connectivity index (χ1v) is 5.98. The van der Waals surface area contributed by atoms with E-state index in [4.69, 9.17) is 15.6 Å². The minimum Gasteiger partial charge on any atom is -0.486 e. The number of aryl methyl sites for hydroxylation is 1. The van der Waals surface area contributed by atoms with Gasteiger partial charge in [0.05, 0.1) is 5.69 Å². The van der Waals surface area contributed by atoms with Gasteiger partial charge in [0, 0.05) is 0 Å². The summed E-state index contributed by atoms with van der Waals surface area (Å²) in [6.45, 7) is 1.88. The molecular formula is C15H14FNO3. The molecule has 0 aliphatic heterocycles. The SMILES string of the molecule is Cc1ccc(F)cc1COc1c(N)cccc1C(=O)O. The molecule has 0 saturated carbocycles. The van der Waals surface area contributed by atoms with Crippen LogP contribution in [0.25, 0.3) is 0 Å². The van der Waals surface area contributed by atoms with E-state index in [1.165, 1.54) is 18.2 Å². The predicted octanol–water partition coefficient (Wildman–Crippen LogP) is 2.99. The van der Waals surface area contributed by atoms with Gasteiger partial charge in [0.25, 0.3) is 0 Å². The molecule has 0 spiro atoms. The molecule has 2 aromatic carbocycles. The minimum atomic E-state index is -1.12. The predicted molar refractivity (Wildman–Crippen MR) is 73.3 cm³/mol. The van der Waals surface area contributed by atoms with Gasteiger partial charge < -0.3 is 15.6 Å². The monoisotopic (exact) mass is 275 g/mol. The number of aromatic carboxylic acids is 1. The van der Waals surface area contributed by atoms with Crippen molar-refractivity contribution >= 4 is 11.7 Å². The molecule has 2 aromatic rings. The highest BCUT2D eigenvalue weighted by Crippen LogP contribution is 2.27. The van der Waals surface area contributed by atoms with Crippen molar-refractivity contribution in [1.82, 2.24) is 0 Å². The van der Waals surface area contributed by atoms with Gasteiger partial charge in [0.1, 0.15) is 18.0 Å². The molecule has 0 unspecified atom stereocenters. The van der Waals surface area contributed by atoms with Crippen molar-refractivity contribution in [3.8, 4) is 5.75 Å². The maximum Gasteiger partial charge on any atom is 0.339 e. The molecule has 104 valence electrons. The molecule has 0 radical (unpaired) electrons. The fraction of sp³-hybridized carbons (Fsp3) is 0.133. The van der Waals surface area contributed by atoms with Crippen LogP contribution in [0.5, 0.6) is 5.75 Å². The zero-order valence-electron chi connectivity index (χ0n) is 10.9. The third-order valence-electron chi connectivity index (χ3n) is 2.96. The van der Waals surface area contributed by atoms with E-state index in [9.17, 15) is 9.18 Å². The molecule has 0 aliphatic carbocycles. The Bertz CT molecular complexity index is 656. The Labute approximate surface area is 115 Å². The van der Waals surface area contributed by atoms with E-state index < -0.39 is 5.97 Å². The van der Waals surface area contributed by atoms with Crippen molar-refractivity contribution in [3.05, 3.63) is 58.9 Å². The molecule has 4 nitrogen and oxygen atoms in total. The number of carboxylic acids is 1. The van der Waals surface area contributed by atoms with Crippen LogP contribution in [0.15, 0.2) is 36.4 Å². The number of nitrogens with two attached hydrogens (primary N) is 1. The van der Waals surface area contributed by atoms with Crippen LogP contribution in [-0.4, -0.2) is 11.1 Å². The number of para-hydroxylation sites is 1. The van der Waals surface area contributed by atoms with E-state index in [2.05, 4.69) is 0 Å². The van der Waals surface area contributed by atoms with Crippen LogP contribution in [0.1, 0.15) is 21.5 Å². The Morgan fingerprint density at radius 2 is 2.10 bits per heavy atom. The van der Waals surface area contributed by atoms with Gasteiger partial charge in [-0.15, -0.1) is 0 Å². The molecule has 20 heavy (non-hydrogen) atoms. The highest BCUT2D eigenvalue weighted by atomic mass is 19.1. The third kappa shape index (κ3) is 2.88. The topological polar surface area (TPSA) is 72.5 Å². The molecule has 3 N–H and O–H groups in total. The zero-order valence-corrected chi connectivity index (χ0v) is 10.9. The highest BCUT2D eigenvalue weighted by molar-refractivity contribution is 5.93. The molecule has 0 bridgehead atoms. The maximum atomic E-state index is 13.2. The summed E-state index contributed by atoms with van der Waals surface area (Å²) < 4.78 is 18.7. The van der Waals surface area contributed by atoms with Crippen LogP contribution in [0, 0.1) is 12.7 Å².